The summed E-state index contributed by atoms with van der Waals surface area (Å²) in [6, 6.07) is 0. The average Bonchev–Trinajstić information content (AvgIpc) is 2.56. The third-order valence-corrected chi connectivity index (χ3v) is 4.63. The van der Waals surface area contributed by atoms with Gasteiger partial charge in [0, 0.05) is 0 Å². The largest absolute Gasteiger partial charge is 0.375 e. The third kappa shape index (κ3) is 1.87. The van der Waals surface area contributed by atoms with Crippen molar-refractivity contribution in [2.45, 2.75) is 53.1 Å². The first-order chi connectivity index (χ1) is 6.83. The number of ether oxygens (including phenoxy) is 1. The lowest BCUT2D eigenvalue weighted by atomic mass is 9.70. The molecule has 1 heterocycles. The molecule has 2 rings (SSSR count). The molecule has 0 bridgehead atoms. The molecule has 1 aliphatic carbocycles. The molecule has 1 nitrogen and oxygen atoms in total. The summed E-state index contributed by atoms with van der Waals surface area (Å²) in [5.74, 6) is 1.54. The zero-order valence-electron chi connectivity index (χ0n) is 10.8. The van der Waals surface area contributed by atoms with Gasteiger partial charge >= 0.3 is 0 Å². The predicted octanol–water partition coefficient (Wildman–Crippen LogP) is 3.79. The lowest BCUT2D eigenvalue weighted by Crippen LogP contribution is -2.28. The van der Waals surface area contributed by atoms with E-state index in [0.29, 0.717) is 5.41 Å². The second kappa shape index (κ2) is 3.35. The molecule has 0 saturated carbocycles. The minimum absolute atomic E-state index is 0.108. The average molecular weight is 208 g/mol. The van der Waals surface area contributed by atoms with Crippen molar-refractivity contribution in [2.24, 2.45) is 17.3 Å². The van der Waals surface area contributed by atoms with Crippen LogP contribution in [0.15, 0.2) is 11.6 Å². The van der Waals surface area contributed by atoms with Crippen LogP contribution in [0, 0.1) is 17.3 Å². The van der Waals surface area contributed by atoms with Crippen LogP contribution in [0.4, 0.5) is 0 Å². The summed E-state index contributed by atoms with van der Waals surface area (Å²) in [7, 11) is 0. The van der Waals surface area contributed by atoms with E-state index in [0.717, 1.165) is 18.4 Å². The molecule has 0 aromatic heterocycles. The van der Waals surface area contributed by atoms with Gasteiger partial charge in [0.15, 0.2) is 0 Å². The lowest BCUT2D eigenvalue weighted by Gasteiger charge is -2.33. The predicted molar refractivity (Wildman–Crippen MR) is 63.8 cm³/mol. The van der Waals surface area contributed by atoms with Crippen molar-refractivity contribution in [2.75, 3.05) is 6.61 Å². The molecule has 0 aromatic rings. The van der Waals surface area contributed by atoms with E-state index in [1.54, 1.807) is 5.57 Å². The van der Waals surface area contributed by atoms with Crippen molar-refractivity contribution in [3.8, 4) is 0 Å². The molecule has 0 amide bonds. The second-order valence-electron chi connectivity index (χ2n) is 6.49. The van der Waals surface area contributed by atoms with Crippen molar-refractivity contribution in [3.05, 3.63) is 11.6 Å². The highest BCUT2D eigenvalue weighted by molar-refractivity contribution is 5.19. The van der Waals surface area contributed by atoms with Gasteiger partial charge in [-0.3, -0.25) is 0 Å². The van der Waals surface area contributed by atoms with Crippen LogP contribution < -0.4 is 0 Å². The van der Waals surface area contributed by atoms with Crippen LogP contribution in [0.25, 0.3) is 0 Å². The van der Waals surface area contributed by atoms with Gasteiger partial charge in [-0.1, -0.05) is 25.5 Å². The Balaban J connectivity index is 2.09. The van der Waals surface area contributed by atoms with Gasteiger partial charge in [0.25, 0.3) is 0 Å². The minimum atomic E-state index is 0.108. The van der Waals surface area contributed by atoms with Crippen molar-refractivity contribution < 1.29 is 4.74 Å². The van der Waals surface area contributed by atoms with Gasteiger partial charge in [0.1, 0.15) is 0 Å². The minimum Gasteiger partial charge on any atom is -0.375 e. The van der Waals surface area contributed by atoms with Crippen LogP contribution in [-0.4, -0.2) is 12.2 Å². The molecule has 0 N–H and O–H groups in total. The van der Waals surface area contributed by atoms with Crippen molar-refractivity contribution >= 4 is 0 Å². The van der Waals surface area contributed by atoms with Crippen LogP contribution in [0.1, 0.15) is 47.5 Å². The Kier molecular flexibility index (Phi) is 2.50. The Morgan fingerprint density at radius 1 is 1.27 bits per heavy atom. The fourth-order valence-corrected chi connectivity index (χ4v) is 3.28. The molecule has 2 aliphatic rings. The molecule has 1 saturated heterocycles. The fraction of sp³-hybridized carbons (Fsp3) is 0.857. The van der Waals surface area contributed by atoms with Crippen LogP contribution in [0.5, 0.6) is 0 Å². The van der Waals surface area contributed by atoms with E-state index >= 15 is 0 Å². The first-order valence-corrected chi connectivity index (χ1v) is 6.14. The molecule has 2 unspecified atom stereocenters. The molecule has 1 aliphatic heterocycles. The number of allylic oxidation sites excluding steroid dienone is 2. The van der Waals surface area contributed by atoms with Crippen LogP contribution in [0.3, 0.4) is 0 Å². The standard InChI is InChI=1S/C14H24O/c1-10-6-7-12(14(10,4)5)11-8-13(2,3)15-9-11/h6,11-12H,7-9H2,1-5H3. The molecule has 0 spiro atoms. The molecule has 2 atom stereocenters. The van der Waals surface area contributed by atoms with Crippen LogP contribution in [-0.2, 0) is 4.74 Å². The highest BCUT2D eigenvalue weighted by atomic mass is 16.5. The molecular weight excluding hydrogens is 184 g/mol. The quantitative estimate of drug-likeness (QED) is 0.596. The maximum Gasteiger partial charge on any atom is 0.0630 e. The number of hydrogen-bond acceptors (Lipinski definition) is 1. The Labute approximate surface area is 93.9 Å². The van der Waals surface area contributed by atoms with Crippen LogP contribution in [0.2, 0.25) is 0 Å². The number of rotatable bonds is 1. The normalized spacial score (nSPS) is 38.1. The Morgan fingerprint density at radius 3 is 2.33 bits per heavy atom. The molecule has 86 valence electrons. The second-order valence-corrected chi connectivity index (χ2v) is 6.49. The van der Waals surface area contributed by atoms with Crippen LogP contribution >= 0.6 is 0 Å². The first kappa shape index (κ1) is 11.2. The lowest BCUT2D eigenvalue weighted by molar-refractivity contribution is 0.0323. The van der Waals surface area contributed by atoms with Gasteiger partial charge in [-0.2, -0.15) is 0 Å². The van der Waals surface area contributed by atoms with E-state index < -0.39 is 0 Å². The summed E-state index contributed by atoms with van der Waals surface area (Å²) < 4.78 is 5.87. The summed E-state index contributed by atoms with van der Waals surface area (Å²) in [5.41, 5.74) is 2.06. The summed E-state index contributed by atoms with van der Waals surface area (Å²) in [4.78, 5) is 0. The van der Waals surface area contributed by atoms with Crippen molar-refractivity contribution in [1.29, 1.82) is 0 Å². The first-order valence-electron chi connectivity index (χ1n) is 6.14. The summed E-state index contributed by atoms with van der Waals surface area (Å²) in [5, 5.41) is 0. The van der Waals surface area contributed by atoms with E-state index in [-0.39, 0.29) is 5.60 Å². The third-order valence-electron chi connectivity index (χ3n) is 4.63. The molecule has 1 fully saturated rings. The van der Waals surface area contributed by atoms with Gasteiger partial charge in [0.05, 0.1) is 12.2 Å². The monoisotopic (exact) mass is 208 g/mol. The molecule has 15 heavy (non-hydrogen) atoms. The van der Waals surface area contributed by atoms with E-state index in [2.05, 4.69) is 40.7 Å². The summed E-state index contributed by atoms with van der Waals surface area (Å²) in [6.07, 6.45) is 4.90. The number of hydrogen-bond donors (Lipinski definition) is 0. The SMILES string of the molecule is CC1=CCC(C2COC(C)(C)C2)C1(C)C. The molecule has 0 radical (unpaired) electrons. The van der Waals surface area contributed by atoms with E-state index in [4.69, 9.17) is 4.74 Å². The Morgan fingerprint density at radius 2 is 1.93 bits per heavy atom. The fourth-order valence-electron chi connectivity index (χ4n) is 3.28. The van der Waals surface area contributed by atoms with Crippen molar-refractivity contribution in [1.82, 2.24) is 0 Å². The molecule has 1 heteroatoms. The topological polar surface area (TPSA) is 9.23 Å². The van der Waals surface area contributed by atoms with E-state index in [9.17, 15) is 0 Å². The van der Waals surface area contributed by atoms with E-state index in [1.807, 2.05) is 0 Å². The smallest absolute Gasteiger partial charge is 0.0630 e. The van der Waals surface area contributed by atoms with Gasteiger partial charge in [-0.05, 0) is 50.9 Å². The van der Waals surface area contributed by atoms with Gasteiger partial charge < -0.3 is 4.74 Å². The summed E-state index contributed by atoms with van der Waals surface area (Å²) in [6.45, 7) is 12.5. The Hall–Kier alpha value is -0.300. The Bertz CT molecular complexity index is 286. The van der Waals surface area contributed by atoms with E-state index in [1.165, 1.54) is 12.8 Å². The van der Waals surface area contributed by atoms with Gasteiger partial charge in [-0.15, -0.1) is 0 Å². The van der Waals surface area contributed by atoms with Gasteiger partial charge in [-0.25, -0.2) is 0 Å². The molecule has 0 aromatic carbocycles. The molecular formula is C14H24O. The highest BCUT2D eigenvalue weighted by Gasteiger charge is 2.44. The van der Waals surface area contributed by atoms with Crippen molar-refractivity contribution in [3.63, 3.8) is 0 Å². The summed E-state index contributed by atoms with van der Waals surface area (Å²) >= 11 is 0. The zero-order chi connectivity index (χ0) is 11.3. The van der Waals surface area contributed by atoms with Gasteiger partial charge in [0.2, 0.25) is 0 Å². The maximum atomic E-state index is 5.87. The maximum absolute atomic E-state index is 5.87. The zero-order valence-corrected chi connectivity index (χ0v) is 10.8. The highest BCUT2D eigenvalue weighted by Crippen LogP contribution is 2.50.